The highest BCUT2D eigenvalue weighted by Gasteiger charge is 2.45. The van der Waals surface area contributed by atoms with Crippen molar-refractivity contribution in [3.8, 4) is 5.75 Å². The van der Waals surface area contributed by atoms with Crippen molar-refractivity contribution in [2.24, 2.45) is 0 Å². The minimum absolute atomic E-state index is 0.0430. The van der Waals surface area contributed by atoms with Gasteiger partial charge in [0.1, 0.15) is 12.4 Å². The highest BCUT2D eigenvalue weighted by Crippen LogP contribution is 2.39. The number of rotatable bonds is 6. The number of cyclic esters (lactones) is 1. The summed E-state index contributed by atoms with van der Waals surface area (Å²) < 4.78 is 50.9. The van der Waals surface area contributed by atoms with Gasteiger partial charge in [-0.1, -0.05) is 42.5 Å². The van der Waals surface area contributed by atoms with Gasteiger partial charge in [0.05, 0.1) is 19.1 Å². The van der Waals surface area contributed by atoms with Crippen molar-refractivity contribution in [3.05, 3.63) is 65.7 Å². The van der Waals surface area contributed by atoms with E-state index in [1.165, 1.54) is 31.4 Å². The first-order valence-electron chi connectivity index (χ1n) is 9.03. The molecule has 0 aliphatic carbocycles. The van der Waals surface area contributed by atoms with E-state index < -0.39 is 36.6 Å². The third-order valence-corrected chi connectivity index (χ3v) is 4.84. The van der Waals surface area contributed by atoms with Gasteiger partial charge in [-0.15, -0.1) is 0 Å². The molecule has 2 aromatic rings. The van der Waals surface area contributed by atoms with E-state index in [4.69, 9.17) is 9.47 Å². The van der Waals surface area contributed by atoms with E-state index in [1.807, 2.05) is 30.3 Å². The molecule has 2 atom stereocenters. The van der Waals surface area contributed by atoms with Crippen molar-refractivity contribution in [1.29, 1.82) is 0 Å². The van der Waals surface area contributed by atoms with Crippen molar-refractivity contribution >= 4 is 12.0 Å². The Labute approximate surface area is 166 Å². The fourth-order valence-electron chi connectivity index (χ4n) is 3.33. The van der Waals surface area contributed by atoms with Crippen LogP contribution in [-0.2, 0) is 16.0 Å². The SMILES string of the molecule is COc1ccc(C(CC(=O)N2C(=O)OC[C@@H]2Cc2ccccc2)C(F)(F)F)cc1. The van der Waals surface area contributed by atoms with Crippen molar-refractivity contribution < 1.29 is 32.2 Å². The Morgan fingerprint density at radius 2 is 1.83 bits per heavy atom. The minimum Gasteiger partial charge on any atom is -0.497 e. The minimum atomic E-state index is -4.65. The van der Waals surface area contributed by atoms with Crippen LogP contribution in [0.5, 0.6) is 5.75 Å². The predicted octanol–water partition coefficient (Wildman–Crippen LogP) is 4.32. The van der Waals surface area contributed by atoms with Gasteiger partial charge >= 0.3 is 12.3 Å². The summed E-state index contributed by atoms with van der Waals surface area (Å²) in [6, 6.07) is 13.8. The highest BCUT2D eigenvalue weighted by atomic mass is 19.4. The zero-order valence-electron chi connectivity index (χ0n) is 15.7. The van der Waals surface area contributed by atoms with Crippen LogP contribution in [0.4, 0.5) is 18.0 Å². The first kappa shape index (κ1) is 20.7. The molecule has 0 aromatic heterocycles. The zero-order valence-corrected chi connectivity index (χ0v) is 15.7. The first-order chi connectivity index (χ1) is 13.8. The summed E-state index contributed by atoms with van der Waals surface area (Å²) in [5, 5.41) is 0. The number of benzene rings is 2. The van der Waals surface area contributed by atoms with Gasteiger partial charge < -0.3 is 9.47 Å². The zero-order chi connectivity index (χ0) is 21.0. The Morgan fingerprint density at radius 1 is 1.17 bits per heavy atom. The molecular weight excluding hydrogens is 387 g/mol. The molecule has 3 rings (SSSR count). The number of methoxy groups -OCH3 is 1. The van der Waals surface area contributed by atoms with Gasteiger partial charge in [-0.05, 0) is 29.7 Å². The van der Waals surface area contributed by atoms with Gasteiger partial charge in [-0.2, -0.15) is 13.2 Å². The molecule has 2 aromatic carbocycles. The Morgan fingerprint density at radius 3 is 2.41 bits per heavy atom. The van der Waals surface area contributed by atoms with Crippen molar-refractivity contribution in [1.82, 2.24) is 4.90 Å². The first-order valence-corrected chi connectivity index (χ1v) is 9.03. The molecule has 8 heteroatoms. The molecule has 1 unspecified atom stereocenters. The lowest BCUT2D eigenvalue weighted by molar-refractivity contribution is -0.160. The number of hydrogen-bond donors (Lipinski definition) is 0. The van der Waals surface area contributed by atoms with Crippen LogP contribution in [0.25, 0.3) is 0 Å². The molecule has 5 nitrogen and oxygen atoms in total. The molecule has 1 saturated heterocycles. The average molecular weight is 407 g/mol. The Kier molecular flexibility index (Phi) is 6.10. The third kappa shape index (κ3) is 4.88. The maximum Gasteiger partial charge on any atom is 0.416 e. The van der Waals surface area contributed by atoms with E-state index in [9.17, 15) is 22.8 Å². The number of amides is 2. The number of alkyl halides is 3. The molecule has 0 bridgehead atoms. The summed E-state index contributed by atoms with van der Waals surface area (Å²) in [5.74, 6) is -2.54. The monoisotopic (exact) mass is 407 g/mol. The molecule has 1 aliphatic heterocycles. The number of carbonyl (C=O) groups is 2. The average Bonchev–Trinajstić information content (AvgIpc) is 3.06. The lowest BCUT2D eigenvalue weighted by Crippen LogP contribution is -2.41. The van der Waals surface area contributed by atoms with E-state index >= 15 is 0 Å². The van der Waals surface area contributed by atoms with E-state index in [0.717, 1.165) is 10.5 Å². The Balaban J connectivity index is 1.79. The molecule has 29 heavy (non-hydrogen) atoms. The van der Waals surface area contributed by atoms with Crippen LogP contribution in [0, 0.1) is 0 Å². The number of nitrogens with zero attached hydrogens (tertiary/aromatic N) is 1. The topological polar surface area (TPSA) is 55.8 Å². The summed E-state index contributed by atoms with van der Waals surface area (Å²) in [7, 11) is 1.41. The van der Waals surface area contributed by atoms with E-state index in [2.05, 4.69) is 0 Å². The molecule has 1 aliphatic rings. The Bertz CT molecular complexity index is 852. The number of ether oxygens (including phenoxy) is 2. The van der Waals surface area contributed by atoms with Gasteiger partial charge in [0.2, 0.25) is 5.91 Å². The summed E-state index contributed by atoms with van der Waals surface area (Å²) in [5.41, 5.74) is 0.787. The molecule has 1 heterocycles. The maximum atomic E-state index is 13.7. The predicted molar refractivity (Wildman–Crippen MR) is 98.5 cm³/mol. The van der Waals surface area contributed by atoms with Crippen LogP contribution in [0.1, 0.15) is 23.5 Å². The Hall–Kier alpha value is -3.03. The van der Waals surface area contributed by atoms with Gasteiger partial charge in [0.15, 0.2) is 0 Å². The van der Waals surface area contributed by atoms with E-state index in [1.54, 1.807) is 0 Å². The standard InChI is InChI=1S/C21H20F3NO4/c1-28-17-9-7-15(8-10-17)18(21(22,23)24)12-19(26)25-16(13-29-20(25)27)11-14-5-3-2-4-6-14/h2-10,16,18H,11-13H2,1H3/t16-,18?/m0/s1. The number of imide groups is 1. The molecule has 0 spiro atoms. The fraction of sp³-hybridized carbons (Fsp3) is 0.333. The van der Waals surface area contributed by atoms with E-state index in [0.29, 0.717) is 12.2 Å². The summed E-state index contributed by atoms with van der Waals surface area (Å²) in [6.07, 6.45) is -6.12. The van der Waals surface area contributed by atoms with Crippen LogP contribution in [0.3, 0.4) is 0 Å². The maximum absolute atomic E-state index is 13.7. The highest BCUT2D eigenvalue weighted by molar-refractivity contribution is 5.94. The van der Waals surface area contributed by atoms with Crippen LogP contribution >= 0.6 is 0 Å². The normalized spacial score (nSPS) is 17.7. The number of hydrogen-bond acceptors (Lipinski definition) is 4. The quantitative estimate of drug-likeness (QED) is 0.716. The molecule has 0 saturated carbocycles. The lowest BCUT2D eigenvalue weighted by atomic mass is 9.94. The van der Waals surface area contributed by atoms with Gasteiger partial charge in [-0.25, -0.2) is 9.69 Å². The number of carbonyl (C=O) groups excluding carboxylic acids is 2. The largest absolute Gasteiger partial charge is 0.497 e. The van der Waals surface area contributed by atoms with Gasteiger partial charge in [0, 0.05) is 6.42 Å². The second-order valence-electron chi connectivity index (χ2n) is 6.76. The molecule has 0 N–H and O–H groups in total. The summed E-state index contributed by atoms with van der Waals surface area (Å²) >= 11 is 0. The fourth-order valence-corrected chi connectivity index (χ4v) is 3.33. The molecule has 1 fully saturated rings. The molecular formula is C21H20F3NO4. The summed E-state index contributed by atoms with van der Waals surface area (Å²) in [4.78, 5) is 25.6. The van der Waals surface area contributed by atoms with Crippen molar-refractivity contribution in [3.63, 3.8) is 0 Å². The van der Waals surface area contributed by atoms with Gasteiger partial charge in [-0.3, -0.25) is 4.79 Å². The third-order valence-electron chi connectivity index (χ3n) is 4.84. The molecule has 0 radical (unpaired) electrons. The van der Waals surface area contributed by atoms with Crippen LogP contribution in [0.2, 0.25) is 0 Å². The van der Waals surface area contributed by atoms with E-state index in [-0.39, 0.29) is 12.2 Å². The van der Waals surface area contributed by atoms with Crippen LogP contribution in [0.15, 0.2) is 54.6 Å². The van der Waals surface area contributed by atoms with Crippen LogP contribution in [-0.4, -0.2) is 42.8 Å². The molecule has 154 valence electrons. The lowest BCUT2D eigenvalue weighted by Gasteiger charge is -2.24. The van der Waals surface area contributed by atoms with Crippen molar-refractivity contribution in [2.45, 2.75) is 31.0 Å². The second-order valence-corrected chi connectivity index (χ2v) is 6.76. The van der Waals surface area contributed by atoms with Crippen molar-refractivity contribution in [2.75, 3.05) is 13.7 Å². The second kappa shape index (κ2) is 8.55. The molecule has 2 amide bonds. The van der Waals surface area contributed by atoms with Crippen LogP contribution < -0.4 is 4.74 Å². The smallest absolute Gasteiger partial charge is 0.416 e. The number of halogens is 3. The van der Waals surface area contributed by atoms with Gasteiger partial charge in [0.25, 0.3) is 0 Å². The summed E-state index contributed by atoms with van der Waals surface area (Å²) in [6.45, 7) is -0.0430.